The van der Waals surface area contributed by atoms with Gasteiger partial charge in [0.1, 0.15) is 30.5 Å². The largest absolute Gasteiger partial charge is 0.490 e. The van der Waals surface area contributed by atoms with Crippen LogP contribution in [0.5, 0.6) is 0 Å². The monoisotopic (exact) mass is 657 g/mol. The van der Waals surface area contributed by atoms with Crippen molar-refractivity contribution in [2.45, 2.75) is 57.1 Å². The van der Waals surface area contributed by atoms with E-state index in [9.17, 15) is 42.1 Å². The first-order valence-electron chi connectivity index (χ1n) is 11.6. The summed E-state index contributed by atoms with van der Waals surface area (Å²) in [6.45, 7) is 3.75. The lowest BCUT2D eigenvalue weighted by molar-refractivity contribution is -0.184. The Morgan fingerprint density at radius 2 is 1.79 bits per heavy atom. The molecule has 0 aromatic carbocycles. The summed E-state index contributed by atoms with van der Waals surface area (Å²) in [4.78, 5) is 63.3. The second kappa shape index (κ2) is 11.0. The van der Waals surface area contributed by atoms with E-state index in [0.29, 0.717) is 5.39 Å². The normalized spacial score (nSPS) is 36.0. The van der Waals surface area contributed by atoms with Crippen molar-refractivity contribution in [3.8, 4) is 0 Å². The van der Waals surface area contributed by atoms with Crippen molar-refractivity contribution in [2.24, 2.45) is 0 Å². The highest BCUT2D eigenvalue weighted by molar-refractivity contribution is 7.97. The number of fused-ring (bicyclic) bond motifs is 1. The van der Waals surface area contributed by atoms with Crippen molar-refractivity contribution in [1.29, 1.82) is 0 Å². The number of halogens is 2. The molecule has 2 fully saturated rings. The number of esters is 2. The summed E-state index contributed by atoms with van der Waals surface area (Å²) < 4.78 is 84.0. The molecule has 23 heteroatoms. The van der Waals surface area contributed by atoms with Gasteiger partial charge in [0.05, 0.1) is 5.39 Å². The van der Waals surface area contributed by atoms with Crippen LogP contribution in [0.3, 0.4) is 0 Å². The molecule has 2 saturated heterocycles. The molecule has 0 saturated carbocycles. The molecule has 2 aromatic heterocycles. The Morgan fingerprint density at radius 3 is 2.33 bits per heavy atom. The molecule has 2 aliphatic rings. The first kappa shape index (κ1) is 32.5. The molecule has 3 unspecified atom stereocenters. The molecule has 2 aliphatic heterocycles. The molecule has 2 radical (unpaired) electrons. The van der Waals surface area contributed by atoms with E-state index in [1.807, 2.05) is 0 Å². The van der Waals surface area contributed by atoms with E-state index in [4.69, 9.17) is 26.3 Å². The van der Waals surface area contributed by atoms with Crippen LogP contribution >= 0.6 is 23.0 Å². The third-order valence-corrected chi connectivity index (χ3v) is 12.9. The van der Waals surface area contributed by atoms with Gasteiger partial charge in [0.2, 0.25) is 5.91 Å². The summed E-state index contributed by atoms with van der Waals surface area (Å²) in [5.74, 6) is -2.03. The van der Waals surface area contributed by atoms with Crippen molar-refractivity contribution < 1.29 is 69.4 Å². The highest BCUT2D eigenvalue weighted by Crippen LogP contribution is 2.90. The topological polar surface area (TPSA) is 224 Å². The zero-order valence-corrected chi connectivity index (χ0v) is 24.8. The molecule has 3 N–H and O–H groups in total. The third kappa shape index (κ3) is 5.75. The Bertz CT molecular complexity index is 1520. The number of hydrogen-bond donors (Lipinski definition) is 3. The second-order valence-electron chi connectivity index (χ2n) is 9.25. The average Bonchev–Trinajstić information content (AvgIpc) is 3.35. The third-order valence-electron chi connectivity index (χ3n) is 5.96. The van der Waals surface area contributed by atoms with E-state index in [1.54, 1.807) is 0 Å². The highest BCUT2D eigenvalue weighted by atomic mass is 31.3. The molecule has 4 heterocycles. The van der Waals surface area contributed by atoms with Gasteiger partial charge in [0, 0.05) is 27.0 Å². The first-order chi connectivity index (χ1) is 19.2. The van der Waals surface area contributed by atoms with Crippen LogP contribution in [-0.2, 0) is 50.9 Å². The average molecular weight is 657 g/mol. The molecule has 0 bridgehead atoms. The minimum atomic E-state index is -6.19. The van der Waals surface area contributed by atoms with E-state index in [-0.39, 0.29) is 11.5 Å². The van der Waals surface area contributed by atoms with Crippen LogP contribution in [0.15, 0.2) is 18.6 Å². The molecule has 42 heavy (non-hydrogen) atoms. The second-order valence-corrected chi connectivity index (χ2v) is 15.4. The summed E-state index contributed by atoms with van der Waals surface area (Å²) in [7, 11) is -11.7. The molecular weight excluding hydrogens is 634 g/mol. The molecule has 0 aliphatic carbocycles. The van der Waals surface area contributed by atoms with Gasteiger partial charge in [-0.1, -0.05) is 0 Å². The number of anilines is 1. The number of nitrogens with zero attached hydrogens (tertiary/aromatic N) is 3. The summed E-state index contributed by atoms with van der Waals surface area (Å²) in [5.41, 5.74) is -1.71. The van der Waals surface area contributed by atoms with Gasteiger partial charge in [-0.05, 0) is 13.0 Å². The summed E-state index contributed by atoms with van der Waals surface area (Å²) in [6, 6.07) is 1.50. The number of carbonyl (C=O) groups excluding carboxylic acids is 3. The number of hydrogen-bond acceptors (Lipinski definition) is 13. The van der Waals surface area contributed by atoms with Gasteiger partial charge in [-0.15, -0.1) is 8.62 Å². The first-order valence-corrected chi connectivity index (χ1v) is 16.4. The van der Waals surface area contributed by atoms with Crippen LogP contribution < -0.4 is 5.32 Å². The molecule has 0 spiro atoms. The van der Waals surface area contributed by atoms with Crippen LogP contribution in [-0.4, -0.2) is 79.6 Å². The number of carbonyl (C=O) groups is 3. The maximum absolute atomic E-state index is 14.0. The summed E-state index contributed by atoms with van der Waals surface area (Å²) in [6.07, 6.45) is -1.83. The number of alkyl halides is 2. The number of ether oxygens (including phenoxy) is 3. The SMILES string of the molecule is [B][P+]1(OC[C@H]2O[C@@H](n3ccc4c(NC(C)=O)ncnc43)[C@](C)(OC(C)=O)C2OC(C)=O)OP(=O)(O)C(F)(F)P(=O)(O)O1. The minimum Gasteiger partial charge on any atom is -0.455 e. The van der Waals surface area contributed by atoms with Crippen LogP contribution in [0.25, 0.3) is 11.0 Å². The fourth-order valence-corrected chi connectivity index (χ4v) is 10.7. The Hall–Kier alpha value is -2.40. The van der Waals surface area contributed by atoms with Gasteiger partial charge in [0.25, 0.3) is 0 Å². The Morgan fingerprint density at radius 1 is 1.17 bits per heavy atom. The summed E-state index contributed by atoms with van der Waals surface area (Å²) >= 11 is 0. The highest BCUT2D eigenvalue weighted by Gasteiger charge is 2.78. The van der Waals surface area contributed by atoms with Crippen molar-refractivity contribution in [3.05, 3.63) is 18.6 Å². The number of rotatable bonds is 7. The van der Waals surface area contributed by atoms with Crippen LogP contribution in [0.1, 0.15) is 33.9 Å². The fourth-order valence-electron chi connectivity index (χ4n) is 4.37. The number of aromatic nitrogens is 3. The van der Waals surface area contributed by atoms with Crippen LogP contribution in [0.2, 0.25) is 0 Å². The predicted octanol–water partition coefficient (Wildman–Crippen LogP) is 2.37. The van der Waals surface area contributed by atoms with Crippen molar-refractivity contribution in [2.75, 3.05) is 11.9 Å². The van der Waals surface area contributed by atoms with Gasteiger partial charge in [-0.25, -0.2) is 19.1 Å². The molecule has 228 valence electrons. The zero-order valence-electron chi connectivity index (χ0n) is 22.1. The maximum atomic E-state index is 14.0. The van der Waals surface area contributed by atoms with E-state index in [2.05, 4.69) is 23.9 Å². The lowest BCUT2D eigenvalue weighted by Crippen LogP contribution is -2.50. The van der Waals surface area contributed by atoms with Crippen molar-refractivity contribution >= 4 is 65.3 Å². The molecule has 1 amide bonds. The Kier molecular flexibility index (Phi) is 8.48. The van der Waals surface area contributed by atoms with Gasteiger partial charge in [0.15, 0.2) is 17.9 Å². The van der Waals surface area contributed by atoms with E-state index in [0.717, 1.165) is 20.2 Å². The smallest absolute Gasteiger partial charge is 0.455 e. The van der Waals surface area contributed by atoms with Crippen LogP contribution in [0.4, 0.5) is 14.6 Å². The standard InChI is InChI=1S/C19H23BF2N4O13P3/c1-9(27)25-15-12-5-6-26(16(12)24-8-23-15)17-18(4,37-11(3)29)14(35-10(2)28)13(36-17)7-34-42(20)38-40(30,31)19(21,22)41(32,33)39-42/h5-6,8,13-14,17H,7H2,1-4H3,(H,30,31)(H,32,33)(H,23,24,25,27)/q+1/t13-,14?,17-,18-/m1/s1. The summed E-state index contributed by atoms with van der Waals surface area (Å²) in [5, 5.41) is -2.34. The zero-order chi connectivity index (χ0) is 31.5. The van der Waals surface area contributed by atoms with E-state index < -0.39 is 76.9 Å². The lowest BCUT2D eigenvalue weighted by atomic mass is 9.95. The maximum Gasteiger partial charge on any atom is 0.490 e. The van der Waals surface area contributed by atoms with Gasteiger partial charge < -0.3 is 33.9 Å². The minimum absolute atomic E-state index is 0.134. The molecule has 6 atom stereocenters. The quantitative estimate of drug-likeness (QED) is 0.221. The van der Waals surface area contributed by atoms with E-state index >= 15 is 0 Å². The number of amides is 1. The van der Waals surface area contributed by atoms with Crippen molar-refractivity contribution in [3.63, 3.8) is 0 Å². The van der Waals surface area contributed by atoms with Gasteiger partial charge in [-0.3, -0.25) is 14.4 Å². The number of nitrogens with one attached hydrogen (secondary N) is 1. The fraction of sp³-hybridized carbons (Fsp3) is 0.526. The van der Waals surface area contributed by atoms with Gasteiger partial charge in [-0.2, -0.15) is 13.3 Å². The molecular formula is C19H23BF2N4O13P3+. The molecule has 2 aromatic rings. The molecule has 17 nitrogen and oxygen atoms in total. The molecule has 4 rings (SSSR count). The predicted molar refractivity (Wildman–Crippen MR) is 137 cm³/mol. The van der Waals surface area contributed by atoms with Crippen LogP contribution in [0, 0.1) is 0 Å². The van der Waals surface area contributed by atoms with E-state index in [1.165, 1.54) is 30.7 Å². The Labute approximate surface area is 237 Å². The Balaban J connectivity index is 1.73. The van der Waals surface area contributed by atoms with Crippen molar-refractivity contribution in [1.82, 2.24) is 14.5 Å². The van der Waals surface area contributed by atoms with Gasteiger partial charge >= 0.3 is 47.9 Å². The lowest BCUT2D eigenvalue weighted by Gasteiger charge is -2.35.